The van der Waals surface area contributed by atoms with Gasteiger partial charge in [-0.25, -0.2) is 9.36 Å². The van der Waals surface area contributed by atoms with Gasteiger partial charge in [0.1, 0.15) is 11.2 Å². The summed E-state index contributed by atoms with van der Waals surface area (Å²) in [4.78, 5) is 39.5. The number of nitrogens with zero attached hydrogens (tertiary/aromatic N) is 2. The number of hydrogen-bond acceptors (Lipinski definition) is 4. The second-order valence-electron chi connectivity index (χ2n) is 8.28. The topological polar surface area (TPSA) is 73.1 Å². The molecule has 0 aliphatic carbocycles. The molecule has 0 aliphatic heterocycles. The number of rotatable bonds is 5. The Hall–Kier alpha value is -3.45. The predicted molar refractivity (Wildman–Crippen MR) is 130 cm³/mol. The molecule has 0 bridgehead atoms. The van der Waals surface area contributed by atoms with Gasteiger partial charge in [0.2, 0.25) is 5.91 Å². The van der Waals surface area contributed by atoms with Crippen LogP contribution in [0.3, 0.4) is 0 Å². The van der Waals surface area contributed by atoms with Crippen LogP contribution in [-0.2, 0) is 11.3 Å². The molecular formula is C25H25N3O3S. The number of carbonyl (C=O) groups excluding carboxylic acids is 1. The van der Waals surface area contributed by atoms with Crippen molar-refractivity contribution in [1.82, 2.24) is 9.13 Å². The van der Waals surface area contributed by atoms with E-state index in [1.807, 2.05) is 44.2 Å². The molecule has 7 heteroatoms. The number of carbonyl (C=O) groups is 1. The maximum Gasteiger partial charge on any atom is 0.336 e. The Kier molecular flexibility index (Phi) is 5.84. The Morgan fingerprint density at radius 1 is 1.03 bits per heavy atom. The van der Waals surface area contributed by atoms with Gasteiger partial charge in [-0.15, -0.1) is 11.3 Å². The van der Waals surface area contributed by atoms with Crippen molar-refractivity contribution in [2.45, 2.75) is 40.2 Å². The largest absolute Gasteiger partial charge is 0.336 e. The van der Waals surface area contributed by atoms with Crippen molar-refractivity contribution in [3.05, 3.63) is 91.4 Å². The number of aryl methyl sites for hydroxylation is 2. The van der Waals surface area contributed by atoms with E-state index in [1.54, 1.807) is 23.6 Å². The summed E-state index contributed by atoms with van der Waals surface area (Å²) in [5.41, 5.74) is 3.73. The summed E-state index contributed by atoms with van der Waals surface area (Å²) in [7, 11) is 0. The lowest BCUT2D eigenvalue weighted by molar-refractivity contribution is -0.116. The molecule has 0 fully saturated rings. The third kappa shape index (κ3) is 4.03. The van der Waals surface area contributed by atoms with Crippen LogP contribution < -0.4 is 16.6 Å². The fourth-order valence-corrected chi connectivity index (χ4v) is 4.82. The van der Waals surface area contributed by atoms with E-state index in [1.165, 1.54) is 15.9 Å². The van der Waals surface area contributed by atoms with E-state index >= 15 is 0 Å². The Labute approximate surface area is 189 Å². The van der Waals surface area contributed by atoms with Crippen molar-refractivity contribution in [1.29, 1.82) is 0 Å². The molecule has 0 spiro atoms. The fraction of sp³-hybridized carbons (Fsp3) is 0.240. The normalized spacial score (nSPS) is 11.3. The maximum atomic E-state index is 13.4. The van der Waals surface area contributed by atoms with Gasteiger partial charge in [-0.3, -0.25) is 14.2 Å². The van der Waals surface area contributed by atoms with E-state index in [-0.39, 0.29) is 23.9 Å². The van der Waals surface area contributed by atoms with Crippen LogP contribution >= 0.6 is 11.3 Å². The van der Waals surface area contributed by atoms with Crippen LogP contribution in [0.1, 0.15) is 36.5 Å². The van der Waals surface area contributed by atoms with E-state index < -0.39 is 5.69 Å². The van der Waals surface area contributed by atoms with Gasteiger partial charge in [-0.05, 0) is 66.1 Å². The highest BCUT2D eigenvalue weighted by atomic mass is 32.1. The summed E-state index contributed by atoms with van der Waals surface area (Å²) in [6.07, 6.45) is 0. The first-order valence-corrected chi connectivity index (χ1v) is 11.3. The van der Waals surface area contributed by atoms with Gasteiger partial charge in [0.05, 0.1) is 11.2 Å². The van der Waals surface area contributed by atoms with Crippen molar-refractivity contribution in [2.24, 2.45) is 0 Å². The average molecular weight is 448 g/mol. The first kappa shape index (κ1) is 21.8. The number of benzene rings is 2. The molecule has 0 aliphatic rings. The molecule has 6 nitrogen and oxygen atoms in total. The minimum absolute atomic E-state index is 0.191. The minimum atomic E-state index is -0.529. The number of fused-ring (bicyclic) bond motifs is 1. The fourth-order valence-electron chi connectivity index (χ4n) is 4.00. The van der Waals surface area contributed by atoms with Gasteiger partial charge in [0.15, 0.2) is 0 Å². The summed E-state index contributed by atoms with van der Waals surface area (Å²) in [5, 5.41) is 4.70. The van der Waals surface area contributed by atoms with E-state index in [2.05, 4.69) is 19.2 Å². The molecule has 1 N–H and O–H groups in total. The van der Waals surface area contributed by atoms with E-state index in [0.29, 0.717) is 15.9 Å². The van der Waals surface area contributed by atoms with Gasteiger partial charge in [0.25, 0.3) is 5.56 Å². The molecule has 2 heterocycles. The number of thiophene rings is 1. The molecule has 0 radical (unpaired) electrons. The third-order valence-corrected chi connectivity index (χ3v) is 6.27. The molecular weight excluding hydrogens is 422 g/mol. The lowest BCUT2D eigenvalue weighted by atomic mass is 10.0. The first-order valence-electron chi connectivity index (χ1n) is 10.5. The monoisotopic (exact) mass is 447 g/mol. The average Bonchev–Trinajstić information content (AvgIpc) is 3.21. The number of hydrogen-bond donors (Lipinski definition) is 1. The molecule has 0 unspecified atom stereocenters. The summed E-state index contributed by atoms with van der Waals surface area (Å²) in [6.45, 7) is 7.77. The molecule has 0 saturated heterocycles. The molecule has 2 aromatic carbocycles. The summed E-state index contributed by atoms with van der Waals surface area (Å²) >= 11 is 1.27. The maximum absolute atomic E-state index is 13.4. The van der Waals surface area contributed by atoms with Crippen molar-refractivity contribution < 1.29 is 4.79 Å². The van der Waals surface area contributed by atoms with Crippen LogP contribution in [0.5, 0.6) is 0 Å². The highest BCUT2D eigenvalue weighted by molar-refractivity contribution is 7.17. The van der Waals surface area contributed by atoms with Crippen LogP contribution in [-0.4, -0.2) is 15.0 Å². The second-order valence-corrected chi connectivity index (χ2v) is 9.20. The standard InChI is InChI=1S/C25H25N3O3S/c1-15(2)19-7-5-6-8-20(19)26-22(29)14-27-21-9-10-32-23(21)24(30)28(25(27)31)18-12-16(3)11-17(4)13-18/h5-13,15H,14H2,1-4H3,(H,26,29). The lowest BCUT2D eigenvalue weighted by Crippen LogP contribution is -2.40. The number of aromatic nitrogens is 2. The van der Waals surface area contributed by atoms with E-state index in [0.717, 1.165) is 26.9 Å². The van der Waals surface area contributed by atoms with Crippen molar-refractivity contribution in [3.8, 4) is 5.69 Å². The molecule has 2 aromatic heterocycles. The number of para-hydroxylation sites is 1. The highest BCUT2D eigenvalue weighted by Crippen LogP contribution is 2.24. The molecule has 164 valence electrons. The quantitative estimate of drug-likeness (QED) is 0.486. The molecule has 0 atom stereocenters. The number of nitrogens with one attached hydrogen (secondary N) is 1. The highest BCUT2D eigenvalue weighted by Gasteiger charge is 2.18. The van der Waals surface area contributed by atoms with E-state index in [4.69, 9.17) is 0 Å². The molecule has 32 heavy (non-hydrogen) atoms. The zero-order chi connectivity index (χ0) is 23.0. The Morgan fingerprint density at radius 3 is 2.41 bits per heavy atom. The Balaban J connectivity index is 1.80. The van der Waals surface area contributed by atoms with Crippen molar-refractivity contribution in [2.75, 3.05) is 5.32 Å². The van der Waals surface area contributed by atoms with Gasteiger partial charge in [-0.1, -0.05) is 38.1 Å². The second kappa shape index (κ2) is 8.59. The van der Waals surface area contributed by atoms with Crippen molar-refractivity contribution in [3.63, 3.8) is 0 Å². The van der Waals surface area contributed by atoms with Gasteiger partial charge in [-0.2, -0.15) is 0 Å². The lowest BCUT2D eigenvalue weighted by Gasteiger charge is -2.15. The summed E-state index contributed by atoms with van der Waals surface area (Å²) < 4.78 is 2.98. The zero-order valence-corrected chi connectivity index (χ0v) is 19.3. The molecule has 0 saturated carbocycles. The van der Waals surface area contributed by atoms with Crippen molar-refractivity contribution >= 4 is 33.1 Å². The zero-order valence-electron chi connectivity index (χ0n) is 18.5. The Bertz CT molecular complexity index is 1420. The SMILES string of the molecule is Cc1cc(C)cc(-n2c(=O)c3sccc3n(CC(=O)Nc3ccccc3C(C)C)c2=O)c1. The third-order valence-electron chi connectivity index (χ3n) is 5.38. The van der Waals surface area contributed by atoms with E-state index in [9.17, 15) is 14.4 Å². The van der Waals surface area contributed by atoms with Gasteiger partial charge >= 0.3 is 5.69 Å². The van der Waals surface area contributed by atoms with Gasteiger partial charge in [0, 0.05) is 5.69 Å². The van der Waals surface area contributed by atoms with Gasteiger partial charge < -0.3 is 5.32 Å². The Morgan fingerprint density at radius 2 is 1.72 bits per heavy atom. The summed E-state index contributed by atoms with van der Waals surface area (Å²) in [6, 6.07) is 14.9. The van der Waals surface area contributed by atoms with Crippen LogP contribution in [0.2, 0.25) is 0 Å². The summed E-state index contributed by atoms with van der Waals surface area (Å²) in [5.74, 6) is -0.0809. The van der Waals surface area contributed by atoms with Crippen LogP contribution in [0, 0.1) is 13.8 Å². The molecule has 1 amide bonds. The first-order chi connectivity index (χ1) is 15.3. The predicted octanol–water partition coefficient (Wildman–Crippen LogP) is 4.59. The minimum Gasteiger partial charge on any atom is -0.324 e. The smallest absolute Gasteiger partial charge is 0.324 e. The number of anilines is 1. The number of amides is 1. The molecule has 4 rings (SSSR count). The van der Waals surface area contributed by atoms with Crippen LogP contribution in [0.25, 0.3) is 15.9 Å². The van der Waals surface area contributed by atoms with Crippen LogP contribution in [0.4, 0.5) is 5.69 Å². The van der Waals surface area contributed by atoms with Crippen LogP contribution in [0.15, 0.2) is 63.5 Å². The molecule has 4 aromatic rings.